The second-order valence-corrected chi connectivity index (χ2v) is 3.49. The van der Waals surface area contributed by atoms with Gasteiger partial charge in [0.05, 0.1) is 0 Å². The fraction of sp³-hybridized carbons (Fsp3) is 0.500. The Labute approximate surface area is 64.3 Å². The number of hydrogen-bond acceptors (Lipinski definition) is 4. The van der Waals surface area contributed by atoms with Gasteiger partial charge in [0.25, 0.3) is 0 Å². The second-order valence-electron chi connectivity index (χ2n) is 1.26. The van der Waals surface area contributed by atoms with Gasteiger partial charge in [0.15, 0.2) is 5.22 Å². The zero-order valence-electron chi connectivity index (χ0n) is 5.67. The molecule has 0 radical (unpaired) electrons. The van der Waals surface area contributed by atoms with Crippen molar-refractivity contribution in [1.82, 2.24) is 0 Å². The normalized spacial score (nSPS) is 11.1. The smallest absolute Gasteiger partial charge is 0.393 e. The van der Waals surface area contributed by atoms with E-state index in [2.05, 4.69) is 20.2 Å². The van der Waals surface area contributed by atoms with Crippen LogP contribution in [-0.2, 0) is 18.1 Å². The van der Waals surface area contributed by atoms with E-state index in [4.69, 9.17) is 11.6 Å². The molecule has 0 bridgehead atoms. The van der Waals surface area contributed by atoms with Gasteiger partial charge in [0.2, 0.25) is 0 Å². The minimum atomic E-state index is -3.47. The lowest BCUT2D eigenvalue weighted by atomic mass is 11.2. The summed E-state index contributed by atoms with van der Waals surface area (Å²) in [5.74, 6) is 0. The molecule has 0 unspecified atom stereocenters. The molecule has 0 aliphatic heterocycles. The molecule has 0 rings (SSSR count). The van der Waals surface area contributed by atoms with Crippen molar-refractivity contribution in [3.8, 4) is 0 Å². The number of halogens is 1. The van der Waals surface area contributed by atoms with Gasteiger partial charge in [-0.2, -0.15) is 0 Å². The molecule has 6 heteroatoms. The van der Waals surface area contributed by atoms with E-state index < -0.39 is 7.82 Å². The van der Waals surface area contributed by atoms with Crippen molar-refractivity contribution in [3.05, 3.63) is 11.8 Å². The molecule has 0 aromatic rings. The maximum Gasteiger partial charge on any atom is 0.530 e. The standard InChI is InChI=1S/C4H8ClO4P/c1-4(5)9-10(6,7-2)8-3/h1H2,2-3H3. The highest BCUT2D eigenvalue weighted by Gasteiger charge is 2.24. The lowest BCUT2D eigenvalue weighted by molar-refractivity contribution is 0.190. The van der Waals surface area contributed by atoms with Crippen LogP contribution < -0.4 is 0 Å². The van der Waals surface area contributed by atoms with Crippen molar-refractivity contribution in [2.24, 2.45) is 0 Å². The molecule has 0 saturated carbocycles. The summed E-state index contributed by atoms with van der Waals surface area (Å²) in [6, 6.07) is 0. The Morgan fingerprint density at radius 3 is 2.00 bits per heavy atom. The molecular weight excluding hydrogens is 178 g/mol. The molecule has 10 heavy (non-hydrogen) atoms. The van der Waals surface area contributed by atoms with Crippen LogP contribution in [0.1, 0.15) is 0 Å². The Balaban J connectivity index is 4.07. The Bertz CT molecular complexity index is 161. The summed E-state index contributed by atoms with van der Waals surface area (Å²) in [5.41, 5.74) is 0. The summed E-state index contributed by atoms with van der Waals surface area (Å²) in [5, 5.41) is -0.230. The summed E-state index contributed by atoms with van der Waals surface area (Å²) in [4.78, 5) is 0. The van der Waals surface area contributed by atoms with Crippen molar-refractivity contribution in [2.75, 3.05) is 14.2 Å². The minimum absolute atomic E-state index is 0.230. The van der Waals surface area contributed by atoms with E-state index in [0.717, 1.165) is 0 Å². The zero-order valence-corrected chi connectivity index (χ0v) is 7.32. The third-order valence-electron chi connectivity index (χ3n) is 0.658. The van der Waals surface area contributed by atoms with Crippen LogP contribution in [0.15, 0.2) is 11.8 Å². The maximum atomic E-state index is 10.9. The summed E-state index contributed by atoms with van der Waals surface area (Å²) in [6.07, 6.45) is 0. The second kappa shape index (κ2) is 3.98. The molecule has 0 amide bonds. The minimum Gasteiger partial charge on any atom is -0.393 e. The molecule has 0 aliphatic carbocycles. The quantitative estimate of drug-likeness (QED) is 0.498. The molecule has 0 aromatic carbocycles. The van der Waals surface area contributed by atoms with E-state index in [1.807, 2.05) is 0 Å². The first-order valence-electron chi connectivity index (χ1n) is 2.29. The molecule has 0 N–H and O–H groups in total. The third kappa shape index (κ3) is 3.22. The van der Waals surface area contributed by atoms with Crippen molar-refractivity contribution in [1.29, 1.82) is 0 Å². The summed E-state index contributed by atoms with van der Waals surface area (Å²) >= 11 is 5.17. The van der Waals surface area contributed by atoms with Crippen LogP contribution in [-0.4, -0.2) is 14.2 Å². The number of phosphoric ester groups is 1. The first-order chi connectivity index (χ1) is 4.54. The third-order valence-corrected chi connectivity index (χ3v) is 2.18. The molecule has 0 aliphatic rings. The Kier molecular flexibility index (Phi) is 3.98. The monoisotopic (exact) mass is 186 g/mol. The Hall–Kier alpha value is -0.0200. The predicted octanol–water partition coefficient (Wildman–Crippen LogP) is 2.11. The fourth-order valence-electron chi connectivity index (χ4n) is 0.270. The van der Waals surface area contributed by atoms with E-state index in [0.29, 0.717) is 0 Å². The molecule has 0 fully saturated rings. The van der Waals surface area contributed by atoms with Crippen molar-refractivity contribution in [3.63, 3.8) is 0 Å². The molecule has 0 saturated heterocycles. The van der Waals surface area contributed by atoms with Crippen LogP contribution in [0, 0.1) is 0 Å². The van der Waals surface area contributed by atoms with Gasteiger partial charge in [-0.1, -0.05) is 0 Å². The first-order valence-corrected chi connectivity index (χ1v) is 4.13. The summed E-state index contributed by atoms with van der Waals surface area (Å²) < 4.78 is 24.1. The van der Waals surface area contributed by atoms with Gasteiger partial charge in [0, 0.05) is 14.2 Å². The van der Waals surface area contributed by atoms with Crippen LogP contribution in [0.5, 0.6) is 0 Å². The lowest BCUT2D eigenvalue weighted by Gasteiger charge is -2.11. The molecular formula is C4H8ClO4P. The molecule has 0 heterocycles. The van der Waals surface area contributed by atoms with Gasteiger partial charge in [-0.3, -0.25) is 9.05 Å². The van der Waals surface area contributed by atoms with E-state index >= 15 is 0 Å². The Morgan fingerprint density at radius 1 is 1.50 bits per heavy atom. The molecule has 0 atom stereocenters. The van der Waals surface area contributed by atoms with Crippen LogP contribution in [0.2, 0.25) is 0 Å². The Morgan fingerprint density at radius 2 is 1.90 bits per heavy atom. The van der Waals surface area contributed by atoms with Crippen LogP contribution >= 0.6 is 19.4 Å². The highest BCUT2D eigenvalue weighted by atomic mass is 35.5. The average molecular weight is 187 g/mol. The van der Waals surface area contributed by atoms with Gasteiger partial charge in [-0.25, -0.2) is 4.57 Å². The zero-order chi connectivity index (χ0) is 8.20. The van der Waals surface area contributed by atoms with Gasteiger partial charge < -0.3 is 4.52 Å². The number of phosphoric acid groups is 1. The topological polar surface area (TPSA) is 44.8 Å². The van der Waals surface area contributed by atoms with Crippen LogP contribution in [0.25, 0.3) is 0 Å². The molecule has 60 valence electrons. The van der Waals surface area contributed by atoms with E-state index in [1.54, 1.807) is 0 Å². The highest BCUT2D eigenvalue weighted by Crippen LogP contribution is 2.49. The maximum absolute atomic E-state index is 10.9. The van der Waals surface area contributed by atoms with E-state index in [9.17, 15) is 4.57 Å². The van der Waals surface area contributed by atoms with Crippen molar-refractivity contribution in [2.45, 2.75) is 0 Å². The van der Waals surface area contributed by atoms with Gasteiger partial charge in [-0.05, 0) is 18.2 Å². The molecule has 4 nitrogen and oxygen atoms in total. The highest BCUT2D eigenvalue weighted by molar-refractivity contribution is 7.48. The van der Waals surface area contributed by atoms with Crippen LogP contribution in [0.3, 0.4) is 0 Å². The molecule has 0 aromatic heterocycles. The van der Waals surface area contributed by atoms with Gasteiger partial charge >= 0.3 is 7.82 Å². The van der Waals surface area contributed by atoms with E-state index in [1.165, 1.54) is 14.2 Å². The van der Waals surface area contributed by atoms with E-state index in [-0.39, 0.29) is 5.22 Å². The molecule has 0 spiro atoms. The van der Waals surface area contributed by atoms with Crippen molar-refractivity contribution < 1.29 is 18.1 Å². The van der Waals surface area contributed by atoms with Crippen LogP contribution in [0.4, 0.5) is 0 Å². The fourth-order valence-corrected chi connectivity index (χ4v) is 1.06. The van der Waals surface area contributed by atoms with Gasteiger partial charge in [0.1, 0.15) is 0 Å². The summed E-state index contributed by atoms with van der Waals surface area (Å²) in [6.45, 7) is 3.15. The van der Waals surface area contributed by atoms with Gasteiger partial charge in [-0.15, -0.1) is 0 Å². The summed E-state index contributed by atoms with van der Waals surface area (Å²) in [7, 11) is -1.10. The lowest BCUT2D eigenvalue weighted by Crippen LogP contribution is -1.90. The number of rotatable bonds is 4. The van der Waals surface area contributed by atoms with Crippen molar-refractivity contribution >= 4 is 19.4 Å². The average Bonchev–Trinajstić information content (AvgIpc) is 1.87. The number of hydrogen-bond donors (Lipinski definition) is 0. The SMILES string of the molecule is C=C(Cl)OP(=O)(OC)OC. The first kappa shape index (κ1) is 9.98. The predicted molar refractivity (Wildman–Crippen MR) is 37.7 cm³/mol. The largest absolute Gasteiger partial charge is 0.530 e.